The molecule has 0 spiro atoms. The Kier molecular flexibility index (Phi) is 5.28. The largest absolute Gasteiger partial charge is 0.508 e. The standard InChI is InChI=1S/C18H22N2O2S/c21-15-9-6-5-7-13(15)11-12-17(22)20-18-19-14-8-3-1-2-4-10-16(14)23-18/h5-7,9,21H,1-4,8,10-12H2,(H,19,20,22). The molecule has 122 valence electrons. The van der Waals surface area contributed by atoms with Gasteiger partial charge in [-0.1, -0.05) is 31.0 Å². The normalized spacial score (nSPS) is 14.6. The summed E-state index contributed by atoms with van der Waals surface area (Å²) in [6.07, 6.45) is 7.97. The van der Waals surface area contributed by atoms with Gasteiger partial charge in [0.25, 0.3) is 0 Å². The lowest BCUT2D eigenvalue weighted by Crippen LogP contribution is -2.12. The van der Waals surface area contributed by atoms with Crippen molar-refractivity contribution in [2.75, 3.05) is 5.32 Å². The Labute approximate surface area is 140 Å². The lowest BCUT2D eigenvalue weighted by molar-refractivity contribution is -0.116. The number of hydrogen-bond donors (Lipinski definition) is 2. The Morgan fingerprint density at radius 3 is 2.78 bits per heavy atom. The van der Waals surface area contributed by atoms with Crippen molar-refractivity contribution < 1.29 is 9.90 Å². The molecule has 0 saturated heterocycles. The Morgan fingerprint density at radius 2 is 1.96 bits per heavy atom. The third kappa shape index (κ3) is 4.32. The number of benzene rings is 1. The Morgan fingerprint density at radius 1 is 1.17 bits per heavy atom. The lowest BCUT2D eigenvalue weighted by Gasteiger charge is -2.06. The number of thiazole rings is 1. The molecule has 1 heterocycles. The zero-order valence-electron chi connectivity index (χ0n) is 13.2. The average Bonchev–Trinajstić information content (AvgIpc) is 2.87. The van der Waals surface area contributed by atoms with E-state index < -0.39 is 0 Å². The van der Waals surface area contributed by atoms with E-state index in [1.807, 2.05) is 12.1 Å². The number of phenolic OH excluding ortho intramolecular Hbond substituents is 1. The van der Waals surface area contributed by atoms with E-state index in [1.165, 1.54) is 36.3 Å². The number of aromatic hydroxyl groups is 1. The number of nitrogens with one attached hydrogen (secondary N) is 1. The number of amides is 1. The van der Waals surface area contributed by atoms with Crippen molar-refractivity contribution in [1.82, 2.24) is 4.98 Å². The molecule has 0 radical (unpaired) electrons. The number of carbonyl (C=O) groups excluding carboxylic acids is 1. The first-order chi connectivity index (χ1) is 11.2. The van der Waals surface area contributed by atoms with Crippen LogP contribution < -0.4 is 5.32 Å². The maximum Gasteiger partial charge on any atom is 0.226 e. The molecule has 1 aliphatic carbocycles. The predicted molar refractivity (Wildman–Crippen MR) is 93.0 cm³/mol. The quantitative estimate of drug-likeness (QED) is 0.888. The number of aryl methyl sites for hydroxylation is 3. The van der Waals surface area contributed by atoms with Gasteiger partial charge in [0.15, 0.2) is 5.13 Å². The van der Waals surface area contributed by atoms with Gasteiger partial charge in [-0.2, -0.15) is 0 Å². The fourth-order valence-electron chi connectivity index (χ4n) is 2.91. The van der Waals surface area contributed by atoms with Crippen LogP contribution in [0.4, 0.5) is 5.13 Å². The van der Waals surface area contributed by atoms with Crippen LogP contribution in [0.25, 0.3) is 0 Å². The summed E-state index contributed by atoms with van der Waals surface area (Å²) in [4.78, 5) is 18.1. The molecule has 1 amide bonds. The maximum absolute atomic E-state index is 12.1. The van der Waals surface area contributed by atoms with Crippen LogP contribution in [0, 0.1) is 0 Å². The number of nitrogens with zero attached hydrogens (tertiary/aromatic N) is 1. The first kappa shape index (κ1) is 16.0. The van der Waals surface area contributed by atoms with E-state index in [0.717, 1.165) is 23.5 Å². The zero-order chi connectivity index (χ0) is 16.1. The van der Waals surface area contributed by atoms with E-state index in [1.54, 1.807) is 23.5 Å². The lowest BCUT2D eigenvalue weighted by atomic mass is 10.0. The van der Waals surface area contributed by atoms with Gasteiger partial charge in [-0.15, -0.1) is 11.3 Å². The van der Waals surface area contributed by atoms with E-state index in [4.69, 9.17) is 0 Å². The number of para-hydroxylation sites is 1. The van der Waals surface area contributed by atoms with Crippen molar-refractivity contribution in [2.45, 2.75) is 51.4 Å². The van der Waals surface area contributed by atoms with Gasteiger partial charge in [-0.25, -0.2) is 4.98 Å². The molecule has 0 bridgehead atoms. The fraction of sp³-hybridized carbons (Fsp3) is 0.444. The molecule has 1 aromatic heterocycles. The van der Waals surface area contributed by atoms with Crippen LogP contribution in [0.5, 0.6) is 5.75 Å². The highest BCUT2D eigenvalue weighted by atomic mass is 32.1. The number of hydrogen-bond acceptors (Lipinski definition) is 4. The van der Waals surface area contributed by atoms with Crippen LogP contribution in [0.3, 0.4) is 0 Å². The minimum Gasteiger partial charge on any atom is -0.508 e. The second-order valence-corrected chi connectivity index (χ2v) is 7.06. The monoisotopic (exact) mass is 330 g/mol. The van der Waals surface area contributed by atoms with Crippen molar-refractivity contribution in [3.05, 3.63) is 40.4 Å². The van der Waals surface area contributed by atoms with Gasteiger partial charge in [0.1, 0.15) is 5.75 Å². The number of fused-ring (bicyclic) bond motifs is 1. The summed E-state index contributed by atoms with van der Waals surface area (Å²) in [5.41, 5.74) is 1.97. The molecule has 3 rings (SSSR count). The molecule has 5 heteroatoms. The third-order valence-electron chi connectivity index (χ3n) is 4.21. The minimum absolute atomic E-state index is 0.0463. The van der Waals surface area contributed by atoms with E-state index in [-0.39, 0.29) is 11.7 Å². The van der Waals surface area contributed by atoms with Gasteiger partial charge in [0, 0.05) is 11.3 Å². The first-order valence-corrected chi connectivity index (χ1v) is 9.09. The molecule has 2 aromatic rings. The van der Waals surface area contributed by atoms with Crippen LogP contribution >= 0.6 is 11.3 Å². The SMILES string of the molecule is O=C(CCc1ccccc1O)Nc1nc2c(s1)CCCCCC2. The topological polar surface area (TPSA) is 62.2 Å². The van der Waals surface area contributed by atoms with Crippen LogP contribution in [0.2, 0.25) is 0 Å². The van der Waals surface area contributed by atoms with E-state index in [9.17, 15) is 9.90 Å². The molecule has 0 unspecified atom stereocenters. The highest BCUT2D eigenvalue weighted by Crippen LogP contribution is 2.28. The molecule has 1 aliphatic rings. The Hall–Kier alpha value is -1.88. The van der Waals surface area contributed by atoms with Crippen LogP contribution in [-0.2, 0) is 24.1 Å². The molecular formula is C18H22N2O2S. The van der Waals surface area contributed by atoms with E-state index >= 15 is 0 Å². The summed E-state index contributed by atoms with van der Waals surface area (Å²) in [7, 11) is 0. The van der Waals surface area contributed by atoms with Gasteiger partial charge in [-0.05, 0) is 43.7 Å². The molecule has 2 N–H and O–H groups in total. The number of carbonyl (C=O) groups is 1. The van der Waals surface area contributed by atoms with Crippen molar-refractivity contribution in [2.24, 2.45) is 0 Å². The second-order valence-electron chi connectivity index (χ2n) is 5.98. The van der Waals surface area contributed by atoms with Crippen LogP contribution in [0.1, 0.15) is 48.2 Å². The predicted octanol–water partition coefficient (Wildman–Crippen LogP) is 4.08. The number of anilines is 1. The summed E-state index contributed by atoms with van der Waals surface area (Å²) in [5, 5.41) is 13.4. The zero-order valence-corrected chi connectivity index (χ0v) is 14.0. The van der Waals surface area contributed by atoms with Gasteiger partial charge in [0.05, 0.1) is 5.69 Å². The first-order valence-electron chi connectivity index (χ1n) is 8.27. The van der Waals surface area contributed by atoms with E-state index in [0.29, 0.717) is 12.8 Å². The summed E-state index contributed by atoms with van der Waals surface area (Å²) in [5.74, 6) is 0.201. The molecule has 23 heavy (non-hydrogen) atoms. The van der Waals surface area contributed by atoms with Crippen LogP contribution in [0.15, 0.2) is 24.3 Å². The van der Waals surface area contributed by atoms with Gasteiger partial charge in [-0.3, -0.25) is 4.79 Å². The molecular weight excluding hydrogens is 308 g/mol. The van der Waals surface area contributed by atoms with Crippen molar-refractivity contribution >= 4 is 22.4 Å². The summed E-state index contributed by atoms with van der Waals surface area (Å²) in [6.45, 7) is 0. The molecule has 0 fully saturated rings. The van der Waals surface area contributed by atoms with Crippen LogP contribution in [-0.4, -0.2) is 16.0 Å². The van der Waals surface area contributed by atoms with E-state index in [2.05, 4.69) is 10.3 Å². The Bertz CT molecular complexity index is 656. The average molecular weight is 330 g/mol. The minimum atomic E-state index is -0.0463. The molecule has 1 aromatic carbocycles. The summed E-state index contributed by atoms with van der Waals surface area (Å²) in [6, 6.07) is 7.14. The Balaban J connectivity index is 1.57. The second kappa shape index (κ2) is 7.59. The number of phenols is 1. The van der Waals surface area contributed by atoms with Crippen molar-refractivity contribution in [3.63, 3.8) is 0 Å². The van der Waals surface area contributed by atoms with Crippen molar-refractivity contribution in [3.8, 4) is 5.75 Å². The summed E-state index contributed by atoms with van der Waals surface area (Å²) >= 11 is 1.62. The molecule has 0 saturated carbocycles. The third-order valence-corrected chi connectivity index (χ3v) is 5.28. The maximum atomic E-state index is 12.1. The number of rotatable bonds is 4. The number of aromatic nitrogens is 1. The molecule has 0 atom stereocenters. The van der Waals surface area contributed by atoms with Gasteiger partial charge in [0.2, 0.25) is 5.91 Å². The highest BCUT2D eigenvalue weighted by Gasteiger charge is 2.15. The summed E-state index contributed by atoms with van der Waals surface area (Å²) < 4.78 is 0. The highest BCUT2D eigenvalue weighted by molar-refractivity contribution is 7.15. The molecule has 4 nitrogen and oxygen atoms in total. The molecule has 0 aliphatic heterocycles. The van der Waals surface area contributed by atoms with Gasteiger partial charge >= 0.3 is 0 Å². The smallest absolute Gasteiger partial charge is 0.226 e. The van der Waals surface area contributed by atoms with Gasteiger partial charge < -0.3 is 10.4 Å². The van der Waals surface area contributed by atoms with Crippen molar-refractivity contribution in [1.29, 1.82) is 0 Å². The fourth-order valence-corrected chi connectivity index (χ4v) is 3.98.